The molecule has 0 fully saturated rings. The van der Waals surface area contributed by atoms with Gasteiger partial charge in [0.05, 0.1) is 24.6 Å². The molecule has 0 atom stereocenters. The molecule has 18 heavy (non-hydrogen) atoms. The SMILES string of the molecule is COC(=O)c1ccc(-c2cncn(C)c2=O)cc1. The summed E-state index contributed by atoms with van der Waals surface area (Å²) in [6, 6.07) is 6.64. The van der Waals surface area contributed by atoms with Crippen LogP contribution >= 0.6 is 0 Å². The summed E-state index contributed by atoms with van der Waals surface area (Å²) < 4.78 is 6.01. The molecule has 0 radical (unpaired) electrons. The van der Waals surface area contributed by atoms with Crippen molar-refractivity contribution in [3.8, 4) is 11.1 Å². The van der Waals surface area contributed by atoms with E-state index >= 15 is 0 Å². The van der Waals surface area contributed by atoms with E-state index in [0.717, 1.165) is 5.56 Å². The van der Waals surface area contributed by atoms with E-state index in [0.29, 0.717) is 11.1 Å². The summed E-state index contributed by atoms with van der Waals surface area (Å²) in [5, 5.41) is 0. The second-order valence-corrected chi connectivity index (χ2v) is 3.79. The third-order valence-electron chi connectivity index (χ3n) is 2.61. The summed E-state index contributed by atoms with van der Waals surface area (Å²) in [5.74, 6) is -0.402. The van der Waals surface area contributed by atoms with E-state index in [1.807, 2.05) is 0 Å². The van der Waals surface area contributed by atoms with Crippen molar-refractivity contribution < 1.29 is 9.53 Å². The highest BCUT2D eigenvalue weighted by Gasteiger charge is 2.08. The fourth-order valence-corrected chi connectivity index (χ4v) is 1.61. The number of aromatic nitrogens is 2. The Kier molecular flexibility index (Phi) is 3.23. The van der Waals surface area contributed by atoms with Crippen molar-refractivity contribution in [3.05, 3.63) is 52.7 Å². The quantitative estimate of drug-likeness (QED) is 0.745. The molecule has 0 bridgehead atoms. The molecule has 0 saturated heterocycles. The Balaban J connectivity index is 2.44. The molecule has 0 aliphatic carbocycles. The van der Waals surface area contributed by atoms with Gasteiger partial charge in [-0.15, -0.1) is 0 Å². The first kappa shape index (κ1) is 12.0. The number of nitrogens with zero attached hydrogens (tertiary/aromatic N) is 2. The van der Waals surface area contributed by atoms with Gasteiger partial charge in [-0.05, 0) is 17.7 Å². The first-order valence-corrected chi connectivity index (χ1v) is 5.33. The van der Waals surface area contributed by atoms with Gasteiger partial charge in [-0.3, -0.25) is 4.79 Å². The van der Waals surface area contributed by atoms with Crippen LogP contribution in [0.4, 0.5) is 0 Å². The Labute approximate surface area is 104 Å². The van der Waals surface area contributed by atoms with Crippen LogP contribution in [0.25, 0.3) is 11.1 Å². The summed E-state index contributed by atoms with van der Waals surface area (Å²) in [4.78, 5) is 27.1. The number of ether oxygens (including phenoxy) is 1. The number of hydrogen-bond donors (Lipinski definition) is 0. The van der Waals surface area contributed by atoms with E-state index in [-0.39, 0.29) is 5.56 Å². The number of methoxy groups -OCH3 is 1. The number of rotatable bonds is 2. The smallest absolute Gasteiger partial charge is 0.337 e. The van der Waals surface area contributed by atoms with Crippen LogP contribution in [0.1, 0.15) is 10.4 Å². The second kappa shape index (κ2) is 4.83. The highest BCUT2D eigenvalue weighted by molar-refractivity contribution is 5.89. The van der Waals surface area contributed by atoms with Crippen molar-refractivity contribution in [1.29, 1.82) is 0 Å². The summed E-state index contributed by atoms with van der Waals surface area (Å²) in [6.07, 6.45) is 2.96. The van der Waals surface area contributed by atoms with Crippen molar-refractivity contribution >= 4 is 5.97 Å². The lowest BCUT2D eigenvalue weighted by molar-refractivity contribution is 0.0601. The number of carbonyl (C=O) groups excluding carboxylic acids is 1. The molecule has 1 aromatic carbocycles. The zero-order valence-corrected chi connectivity index (χ0v) is 10.1. The zero-order chi connectivity index (χ0) is 13.1. The monoisotopic (exact) mass is 244 g/mol. The normalized spacial score (nSPS) is 10.1. The number of hydrogen-bond acceptors (Lipinski definition) is 4. The van der Waals surface area contributed by atoms with Crippen LogP contribution in [-0.4, -0.2) is 22.6 Å². The maximum atomic E-state index is 11.9. The second-order valence-electron chi connectivity index (χ2n) is 3.79. The summed E-state index contributed by atoms with van der Waals surface area (Å²) in [5.41, 5.74) is 1.53. The number of carbonyl (C=O) groups is 1. The number of esters is 1. The van der Waals surface area contributed by atoms with Gasteiger partial charge >= 0.3 is 5.97 Å². The minimum Gasteiger partial charge on any atom is -0.465 e. The molecule has 0 saturated carbocycles. The number of benzene rings is 1. The van der Waals surface area contributed by atoms with E-state index in [2.05, 4.69) is 9.72 Å². The zero-order valence-electron chi connectivity index (χ0n) is 10.1. The third-order valence-corrected chi connectivity index (χ3v) is 2.61. The lowest BCUT2D eigenvalue weighted by atomic mass is 10.1. The molecule has 0 spiro atoms. The molecule has 1 aromatic heterocycles. The predicted molar refractivity (Wildman–Crippen MR) is 66.3 cm³/mol. The highest BCUT2D eigenvalue weighted by Crippen LogP contribution is 2.15. The number of aryl methyl sites for hydroxylation is 1. The van der Waals surface area contributed by atoms with Gasteiger partial charge in [0.1, 0.15) is 0 Å². The molecule has 0 unspecified atom stereocenters. The van der Waals surface area contributed by atoms with E-state index in [9.17, 15) is 9.59 Å². The molecule has 0 aliphatic rings. The first-order chi connectivity index (χ1) is 8.63. The Bertz CT molecular complexity index is 629. The van der Waals surface area contributed by atoms with Crippen molar-refractivity contribution in [1.82, 2.24) is 9.55 Å². The van der Waals surface area contributed by atoms with Crippen LogP contribution in [-0.2, 0) is 11.8 Å². The molecule has 2 aromatic rings. The summed E-state index contributed by atoms with van der Waals surface area (Å²) >= 11 is 0. The maximum Gasteiger partial charge on any atom is 0.337 e. The molecular weight excluding hydrogens is 232 g/mol. The van der Waals surface area contributed by atoms with Gasteiger partial charge in [-0.1, -0.05) is 12.1 Å². The van der Waals surface area contributed by atoms with E-state index in [1.54, 1.807) is 31.3 Å². The molecule has 0 aliphatic heterocycles. The Morgan fingerprint density at radius 3 is 2.56 bits per heavy atom. The van der Waals surface area contributed by atoms with Crippen molar-refractivity contribution in [3.63, 3.8) is 0 Å². The van der Waals surface area contributed by atoms with Crippen LogP contribution < -0.4 is 5.56 Å². The Hall–Kier alpha value is -2.43. The molecule has 1 heterocycles. The molecule has 5 heteroatoms. The molecule has 5 nitrogen and oxygen atoms in total. The molecule has 2 rings (SSSR count). The first-order valence-electron chi connectivity index (χ1n) is 5.33. The lowest BCUT2D eigenvalue weighted by Gasteiger charge is -2.04. The Morgan fingerprint density at radius 1 is 1.28 bits per heavy atom. The fraction of sp³-hybridized carbons (Fsp3) is 0.154. The van der Waals surface area contributed by atoms with Gasteiger partial charge in [-0.2, -0.15) is 0 Å². The summed E-state index contributed by atoms with van der Waals surface area (Å²) in [7, 11) is 2.97. The predicted octanol–water partition coefficient (Wildman–Crippen LogP) is 1.23. The van der Waals surface area contributed by atoms with E-state index in [4.69, 9.17) is 0 Å². The molecular formula is C13H12N2O3. The van der Waals surface area contributed by atoms with Gasteiger partial charge in [0.2, 0.25) is 0 Å². The van der Waals surface area contributed by atoms with Gasteiger partial charge in [0, 0.05) is 13.2 Å². The minimum absolute atomic E-state index is 0.129. The average molecular weight is 244 g/mol. The molecule has 92 valence electrons. The Morgan fingerprint density at radius 2 is 1.94 bits per heavy atom. The van der Waals surface area contributed by atoms with Gasteiger partial charge in [0.15, 0.2) is 0 Å². The van der Waals surface area contributed by atoms with Gasteiger partial charge in [-0.25, -0.2) is 9.78 Å². The van der Waals surface area contributed by atoms with Gasteiger partial charge < -0.3 is 9.30 Å². The van der Waals surface area contributed by atoms with Crippen LogP contribution in [0.15, 0.2) is 41.6 Å². The molecule has 0 N–H and O–H groups in total. The van der Waals surface area contributed by atoms with Crippen molar-refractivity contribution in [2.45, 2.75) is 0 Å². The van der Waals surface area contributed by atoms with Crippen molar-refractivity contribution in [2.75, 3.05) is 7.11 Å². The van der Waals surface area contributed by atoms with Crippen LogP contribution in [0.3, 0.4) is 0 Å². The van der Waals surface area contributed by atoms with Gasteiger partial charge in [0.25, 0.3) is 5.56 Å². The fourth-order valence-electron chi connectivity index (χ4n) is 1.61. The maximum absolute atomic E-state index is 11.9. The standard InChI is InChI=1S/C13H12N2O3/c1-15-8-14-7-11(12(15)16)9-3-5-10(6-4-9)13(17)18-2/h3-8H,1-2H3. The van der Waals surface area contributed by atoms with Crippen LogP contribution in [0.2, 0.25) is 0 Å². The lowest BCUT2D eigenvalue weighted by Crippen LogP contribution is -2.18. The largest absolute Gasteiger partial charge is 0.465 e. The van der Waals surface area contributed by atoms with Crippen molar-refractivity contribution in [2.24, 2.45) is 7.05 Å². The van der Waals surface area contributed by atoms with Crippen LogP contribution in [0.5, 0.6) is 0 Å². The van der Waals surface area contributed by atoms with Crippen LogP contribution in [0, 0.1) is 0 Å². The topological polar surface area (TPSA) is 61.2 Å². The third kappa shape index (κ3) is 2.15. The molecule has 0 amide bonds. The highest BCUT2D eigenvalue weighted by atomic mass is 16.5. The summed E-state index contributed by atoms with van der Waals surface area (Å²) in [6.45, 7) is 0. The average Bonchev–Trinajstić information content (AvgIpc) is 2.41. The minimum atomic E-state index is -0.402. The van der Waals surface area contributed by atoms with E-state index in [1.165, 1.54) is 24.2 Å². The van der Waals surface area contributed by atoms with E-state index < -0.39 is 5.97 Å².